The van der Waals surface area contributed by atoms with E-state index in [9.17, 15) is 0 Å². The van der Waals surface area contributed by atoms with Crippen molar-refractivity contribution in [1.29, 1.82) is 0 Å². The monoisotopic (exact) mass is 495 g/mol. The number of anilines is 1. The first-order valence-corrected chi connectivity index (χ1v) is 14.3. The highest BCUT2D eigenvalue weighted by Gasteiger charge is 2.27. The molecule has 2 aliphatic rings. The van der Waals surface area contributed by atoms with E-state index < -0.39 is 0 Å². The minimum Gasteiger partial charge on any atom is -0.372 e. The van der Waals surface area contributed by atoms with Gasteiger partial charge in [0.1, 0.15) is 11.2 Å². The Morgan fingerprint density at radius 2 is 1.75 bits per heavy atom. The van der Waals surface area contributed by atoms with E-state index in [0.717, 1.165) is 18.5 Å². The molecular formula is C30H33N5S. The Morgan fingerprint density at radius 3 is 2.53 bits per heavy atom. The molecule has 0 spiro atoms. The van der Waals surface area contributed by atoms with Crippen LogP contribution in [0.3, 0.4) is 0 Å². The number of piperidine rings is 1. The lowest BCUT2D eigenvalue weighted by Gasteiger charge is -2.28. The molecule has 1 saturated heterocycles. The minimum atomic E-state index is 0.417. The second-order valence-electron chi connectivity index (χ2n) is 10.8. The number of rotatable bonds is 4. The van der Waals surface area contributed by atoms with Crippen LogP contribution >= 0.6 is 11.3 Å². The van der Waals surface area contributed by atoms with E-state index in [0.29, 0.717) is 5.92 Å². The van der Waals surface area contributed by atoms with Gasteiger partial charge in [-0.1, -0.05) is 26.0 Å². The summed E-state index contributed by atoms with van der Waals surface area (Å²) in [5.74, 6) is 0.417. The van der Waals surface area contributed by atoms with Crippen molar-refractivity contribution in [3.8, 4) is 21.7 Å². The summed E-state index contributed by atoms with van der Waals surface area (Å²) in [6.45, 7) is 9.33. The number of nitrogens with zero attached hydrogens (tertiary/aromatic N) is 4. The van der Waals surface area contributed by atoms with Gasteiger partial charge in [-0.25, -0.2) is 9.50 Å². The van der Waals surface area contributed by atoms with E-state index in [4.69, 9.17) is 0 Å². The van der Waals surface area contributed by atoms with Gasteiger partial charge in [0.25, 0.3) is 0 Å². The second kappa shape index (κ2) is 8.48. The molecule has 1 fully saturated rings. The average Bonchev–Trinajstić information content (AvgIpc) is 3.68. The van der Waals surface area contributed by atoms with Crippen LogP contribution < -0.4 is 4.90 Å². The summed E-state index contributed by atoms with van der Waals surface area (Å²) in [7, 11) is 0. The number of benzene rings is 1. The van der Waals surface area contributed by atoms with E-state index in [1.807, 2.05) is 15.9 Å². The molecule has 5 aromatic rings. The van der Waals surface area contributed by atoms with E-state index in [-0.39, 0.29) is 0 Å². The number of aromatic nitrogens is 4. The smallest absolute Gasteiger partial charge is 0.158 e. The summed E-state index contributed by atoms with van der Waals surface area (Å²) in [5, 5.41) is 5.91. The number of aryl methyl sites for hydroxylation is 2. The Labute approximate surface area is 216 Å². The van der Waals surface area contributed by atoms with Crippen LogP contribution in [0.2, 0.25) is 0 Å². The van der Waals surface area contributed by atoms with E-state index >= 15 is 0 Å². The molecule has 1 aliphatic carbocycles. The lowest BCUT2D eigenvalue weighted by molar-refractivity contribution is 0.578. The molecular weight excluding hydrogens is 462 g/mol. The Hall–Kier alpha value is -3.12. The summed E-state index contributed by atoms with van der Waals surface area (Å²) in [6.07, 6.45) is 11.3. The number of fused-ring (bicyclic) bond motifs is 4. The highest BCUT2D eigenvalue weighted by Crippen LogP contribution is 2.47. The Balaban J connectivity index is 1.34. The molecule has 7 rings (SSSR count). The van der Waals surface area contributed by atoms with Crippen molar-refractivity contribution >= 4 is 32.9 Å². The van der Waals surface area contributed by atoms with Crippen molar-refractivity contribution in [2.75, 3.05) is 18.0 Å². The molecule has 6 heteroatoms. The van der Waals surface area contributed by atoms with Gasteiger partial charge in [0.05, 0.1) is 5.69 Å². The zero-order valence-corrected chi connectivity index (χ0v) is 22.2. The van der Waals surface area contributed by atoms with Crippen molar-refractivity contribution in [2.45, 2.75) is 65.2 Å². The predicted octanol–water partition coefficient (Wildman–Crippen LogP) is 7.52. The van der Waals surface area contributed by atoms with Crippen molar-refractivity contribution < 1.29 is 0 Å². The van der Waals surface area contributed by atoms with Crippen molar-refractivity contribution in [1.82, 2.24) is 19.6 Å². The fourth-order valence-corrected chi connectivity index (χ4v) is 7.77. The first-order valence-electron chi connectivity index (χ1n) is 13.4. The van der Waals surface area contributed by atoms with E-state index in [1.54, 1.807) is 6.33 Å². The summed E-state index contributed by atoms with van der Waals surface area (Å²) in [6, 6.07) is 9.28. The zero-order chi connectivity index (χ0) is 24.4. The van der Waals surface area contributed by atoms with Gasteiger partial charge < -0.3 is 9.88 Å². The fraction of sp³-hybridized carbons (Fsp3) is 0.400. The largest absolute Gasteiger partial charge is 0.372 e. The molecule has 1 aliphatic heterocycles. The van der Waals surface area contributed by atoms with Crippen LogP contribution in [0, 0.1) is 6.92 Å². The lowest BCUT2D eigenvalue weighted by Crippen LogP contribution is -2.29. The fourth-order valence-electron chi connectivity index (χ4n) is 6.54. The van der Waals surface area contributed by atoms with Crippen LogP contribution in [0.5, 0.6) is 0 Å². The number of pyridine rings is 1. The maximum absolute atomic E-state index is 4.55. The molecule has 0 radical (unpaired) electrons. The van der Waals surface area contributed by atoms with Crippen LogP contribution in [0.25, 0.3) is 37.6 Å². The topological polar surface area (TPSA) is 49.2 Å². The minimum absolute atomic E-state index is 0.417. The number of nitrogens with one attached hydrogen (secondary N) is 1. The SMILES string of the molecule is Cc1c(-c2ccc(N3CCCCC3)cc2)sc2[nH]c(-c3cn4ncnc4c4c3CCC4)c(C(C)C)c12. The number of thiophene rings is 1. The Morgan fingerprint density at radius 1 is 0.972 bits per heavy atom. The van der Waals surface area contributed by atoms with Gasteiger partial charge in [-0.2, -0.15) is 5.10 Å². The van der Waals surface area contributed by atoms with Gasteiger partial charge in [0, 0.05) is 46.4 Å². The van der Waals surface area contributed by atoms with Gasteiger partial charge in [-0.15, -0.1) is 11.3 Å². The normalized spacial score (nSPS) is 16.1. The third kappa shape index (κ3) is 3.34. The zero-order valence-electron chi connectivity index (χ0n) is 21.4. The van der Waals surface area contributed by atoms with Gasteiger partial charge in [0.2, 0.25) is 0 Å². The third-order valence-electron chi connectivity index (χ3n) is 8.26. The van der Waals surface area contributed by atoms with Crippen LogP contribution in [0.15, 0.2) is 36.8 Å². The van der Waals surface area contributed by atoms with E-state index in [2.05, 4.69) is 71.2 Å². The van der Waals surface area contributed by atoms with Gasteiger partial charge in [-0.3, -0.25) is 0 Å². The molecule has 184 valence electrons. The molecule has 4 aromatic heterocycles. The second-order valence-corrected chi connectivity index (χ2v) is 11.8. The number of hydrogen-bond acceptors (Lipinski definition) is 4. The molecule has 0 amide bonds. The maximum atomic E-state index is 4.55. The summed E-state index contributed by atoms with van der Waals surface area (Å²) in [5.41, 5.74) is 12.0. The highest BCUT2D eigenvalue weighted by molar-refractivity contribution is 7.22. The van der Waals surface area contributed by atoms with Crippen molar-refractivity contribution in [2.24, 2.45) is 0 Å². The molecule has 1 N–H and O–H groups in total. The summed E-state index contributed by atoms with van der Waals surface area (Å²) in [4.78, 5) is 13.6. The van der Waals surface area contributed by atoms with Crippen LogP contribution in [-0.2, 0) is 12.8 Å². The van der Waals surface area contributed by atoms with Gasteiger partial charge in [0.15, 0.2) is 5.65 Å². The van der Waals surface area contributed by atoms with Crippen LogP contribution in [-0.4, -0.2) is 32.7 Å². The first kappa shape index (κ1) is 22.1. The summed E-state index contributed by atoms with van der Waals surface area (Å²) < 4.78 is 1.97. The van der Waals surface area contributed by atoms with Crippen LogP contribution in [0.4, 0.5) is 5.69 Å². The Kier molecular flexibility index (Phi) is 5.21. The van der Waals surface area contributed by atoms with Gasteiger partial charge >= 0.3 is 0 Å². The molecule has 5 heterocycles. The average molecular weight is 496 g/mol. The highest BCUT2D eigenvalue weighted by atomic mass is 32.1. The first-order chi connectivity index (χ1) is 17.6. The molecule has 36 heavy (non-hydrogen) atoms. The molecule has 0 unspecified atom stereocenters. The number of hydrogen-bond donors (Lipinski definition) is 1. The van der Waals surface area contributed by atoms with Crippen LogP contribution in [0.1, 0.15) is 67.7 Å². The predicted molar refractivity (Wildman–Crippen MR) is 151 cm³/mol. The van der Waals surface area contributed by atoms with Crippen molar-refractivity contribution in [3.63, 3.8) is 0 Å². The standard InChI is InChI=1S/C30H33N5S/c1-18(2)25-26-19(3)28(20-10-12-21(13-11-20)34-14-5-4-6-15-34)36-30(26)33-27(25)24-16-35-29(31-17-32-35)23-9-7-8-22(23)24/h10-13,16-18,33H,4-9,14-15H2,1-3H3. The molecule has 1 aromatic carbocycles. The van der Waals surface area contributed by atoms with Crippen molar-refractivity contribution in [3.05, 3.63) is 59.0 Å². The number of H-pyrrole nitrogens is 1. The third-order valence-corrected chi connectivity index (χ3v) is 9.52. The lowest BCUT2D eigenvalue weighted by atomic mass is 9.92. The molecule has 0 bridgehead atoms. The van der Waals surface area contributed by atoms with E-state index in [1.165, 1.54) is 98.6 Å². The molecule has 0 atom stereocenters. The molecule has 0 saturated carbocycles. The molecule has 5 nitrogen and oxygen atoms in total. The maximum Gasteiger partial charge on any atom is 0.158 e. The number of aromatic amines is 1. The summed E-state index contributed by atoms with van der Waals surface area (Å²) >= 11 is 1.90. The van der Waals surface area contributed by atoms with Gasteiger partial charge in [-0.05, 0) is 85.8 Å². The quantitative estimate of drug-likeness (QED) is 0.280. The Bertz CT molecular complexity index is 1580.